The Morgan fingerprint density at radius 1 is 1.00 bits per heavy atom. The zero-order valence-electron chi connectivity index (χ0n) is 10.2. The molecule has 2 aromatic heterocycles. The standard InChI is InChI=1S/C14H9Cl2N3S/c15-10-6-7-11(17-8-10)13-18-19-14(20-13)12(16)9-4-2-1-3-5-9/h1-8,12H. The van der Waals surface area contributed by atoms with Crippen LogP contribution in [0, 0.1) is 0 Å². The molecule has 3 rings (SSSR count). The van der Waals surface area contributed by atoms with Gasteiger partial charge in [0.2, 0.25) is 0 Å². The summed E-state index contributed by atoms with van der Waals surface area (Å²) in [5.74, 6) is 0. The van der Waals surface area contributed by atoms with Crippen molar-refractivity contribution in [3.05, 3.63) is 64.3 Å². The van der Waals surface area contributed by atoms with Crippen LogP contribution in [0.15, 0.2) is 48.7 Å². The topological polar surface area (TPSA) is 38.7 Å². The van der Waals surface area contributed by atoms with Gasteiger partial charge < -0.3 is 0 Å². The highest BCUT2D eigenvalue weighted by molar-refractivity contribution is 7.15. The molecule has 0 fully saturated rings. The lowest BCUT2D eigenvalue weighted by molar-refractivity contribution is 0.985. The van der Waals surface area contributed by atoms with Crippen LogP contribution >= 0.6 is 34.5 Å². The Kier molecular flexibility index (Phi) is 3.96. The van der Waals surface area contributed by atoms with E-state index in [1.807, 2.05) is 36.4 Å². The van der Waals surface area contributed by atoms with Crippen molar-refractivity contribution >= 4 is 34.5 Å². The van der Waals surface area contributed by atoms with Crippen LogP contribution in [0.4, 0.5) is 0 Å². The molecule has 0 saturated heterocycles. The maximum absolute atomic E-state index is 6.42. The molecule has 1 unspecified atom stereocenters. The minimum atomic E-state index is -0.297. The maximum atomic E-state index is 6.42. The van der Waals surface area contributed by atoms with Gasteiger partial charge in [-0.3, -0.25) is 4.98 Å². The second kappa shape index (κ2) is 5.87. The normalized spacial score (nSPS) is 12.3. The highest BCUT2D eigenvalue weighted by Crippen LogP contribution is 2.33. The van der Waals surface area contributed by atoms with Gasteiger partial charge in [-0.1, -0.05) is 53.3 Å². The van der Waals surface area contributed by atoms with Gasteiger partial charge in [-0.2, -0.15) is 0 Å². The summed E-state index contributed by atoms with van der Waals surface area (Å²) < 4.78 is 0. The van der Waals surface area contributed by atoms with Gasteiger partial charge in [0.1, 0.15) is 16.1 Å². The van der Waals surface area contributed by atoms with Crippen molar-refractivity contribution in [3.8, 4) is 10.7 Å². The molecular weight excluding hydrogens is 313 g/mol. The van der Waals surface area contributed by atoms with Crippen LogP contribution in [-0.2, 0) is 0 Å². The van der Waals surface area contributed by atoms with E-state index in [0.717, 1.165) is 21.3 Å². The minimum Gasteiger partial charge on any atom is -0.252 e. The van der Waals surface area contributed by atoms with Crippen LogP contribution in [0.5, 0.6) is 0 Å². The average Bonchev–Trinajstić information content (AvgIpc) is 2.98. The number of pyridine rings is 1. The van der Waals surface area contributed by atoms with Gasteiger partial charge in [0.05, 0.1) is 5.02 Å². The Hall–Kier alpha value is -1.49. The predicted octanol–water partition coefficient (Wildman–Crippen LogP) is 4.58. The fourth-order valence-electron chi connectivity index (χ4n) is 1.71. The first kappa shape index (κ1) is 13.5. The molecule has 20 heavy (non-hydrogen) atoms. The summed E-state index contributed by atoms with van der Waals surface area (Å²) in [6.45, 7) is 0. The molecule has 2 heterocycles. The van der Waals surface area contributed by atoms with Crippen LogP contribution in [0.1, 0.15) is 15.9 Å². The average molecular weight is 322 g/mol. The van der Waals surface area contributed by atoms with Crippen LogP contribution < -0.4 is 0 Å². The first-order valence-corrected chi connectivity index (χ1v) is 7.51. The van der Waals surface area contributed by atoms with E-state index in [0.29, 0.717) is 5.02 Å². The molecule has 0 aliphatic heterocycles. The summed E-state index contributed by atoms with van der Waals surface area (Å²) in [5, 5.41) is 10.1. The number of hydrogen-bond acceptors (Lipinski definition) is 4. The molecule has 0 bridgehead atoms. The second-order valence-corrected chi connectivity index (χ2v) is 5.96. The van der Waals surface area contributed by atoms with Crippen molar-refractivity contribution < 1.29 is 0 Å². The number of aromatic nitrogens is 3. The number of alkyl halides is 1. The molecule has 0 amide bonds. The van der Waals surface area contributed by atoms with E-state index in [4.69, 9.17) is 23.2 Å². The Labute approximate surface area is 130 Å². The van der Waals surface area contributed by atoms with Gasteiger partial charge in [0.15, 0.2) is 5.01 Å². The van der Waals surface area contributed by atoms with Gasteiger partial charge in [-0.15, -0.1) is 21.8 Å². The second-order valence-electron chi connectivity index (χ2n) is 4.08. The van der Waals surface area contributed by atoms with Gasteiger partial charge in [-0.05, 0) is 17.7 Å². The minimum absolute atomic E-state index is 0.297. The summed E-state index contributed by atoms with van der Waals surface area (Å²) in [4.78, 5) is 4.23. The number of hydrogen-bond donors (Lipinski definition) is 0. The quantitative estimate of drug-likeness (QED) is 0.663. The van der Waals surface area contributed by atoms with Crippen LogP contribution in [0.3, 0.4) is 0 Å². The zero-order chi connectivity index (χ0) is 13.9. The monoisotopic (exact) mass is 321 g/mol. The molecule has 3 aromatic rings. The fourth-order valence-corrected chi connectivity index (χ4v) is 2.97. The van der Waals surface area contributed by atoms with Crippen molar-refractivity contribution in [3.63, 3.8) is 0 Å². The van der Waals surface area contributed by atoms with Crippen LogP contribution in [-0.4, -0.2) is 15.2 Å². The van der Waals surface area contributed by atoms with Crippen molar-refractivity contribution in [2.75, 3.05) is 0 Å². The predicted molar refractivity (Wildman–Crippen MR) is 82.3 cm³/mol. The Balaban J connectivity index is 1.89. The number of rotatable bonds is 3. The van der Waals surface area contributed by atoms with Crippen LogP contribution in [0.25, 0.3) is 10.7 Å². The summed E-state index contributed by atoms with van der Waals surface area (Å²) in [6.07, 6.45) is 1.59. The molecule has 6 heteroatoms. The van der Waals surface area contributed by atoms with Crippen molar-refractivity contribution in [2.24, 2.45) is 0 Å². The Morgan fingerprint density at radius 3 is 2.50 bits per heavy atom. The molecule has 0 aliphatic carbocycles. The molecular formula is C14H9Cl2N3S. The molecule has 3 nitrogen and oxygen atoms in total. The maximum Gasteiger partial charge on any atom is 0.166 e. The highest BCUT2D eigenvalue weighted by Gasteiger charge is 2.17. The summed E-state index contributed by atoms with van der Waals surface area (Å²) >= 11 is 13.7. The van der Waals surface area contributed by atoms with Crippen molar-refractivity contribution in [1.29, 1.82) is 0 Å². The lowest BCUT2D eigenvalue weighted by Crippen LogP contribution is -1.91. The third-order valence-electron chi connectivity index (χ3n) is 2.70. The smallest absolute Gasteiger partial charge is 0.166 e. The number of halogens is 2. The summed E-state index contributed by atoms with van der Waals surface area (Å²) in [6, 6.07) is 13.4. The Morgan fingerprint density at radius 2 is 1.80 bits per heavy atom. The molecule has 0 N–H and O–H groups in total. The molecule has 0 radical (unpaired) electrons. The van der Waals surface area contributed by atoms with E-state index < -0.39 is 0 Å². The third-order valence-corrected chi connectivity index (χ3v) is 4.52. The lowest BCUT2D eigenvalue weighted by Gasteiger charge is -2.04. The molecule has 1 aromatic carbocycles. The van der Waals surface area contributed by atoms with E-state index in [1.54, 1.807) is 12.3 Å². The molecule has 1 atom stereocenters. The molecule has 0 saturated carbocycles. The molecule has 100 valence electrons. The van der Waals surface area contributed by atoms with Gasteiger partial charge in [0, 0.05) is 6.20 Å². The number of benzene rings is 1. The van der Waals surface area contributed by atoms with E-state index in [1.165, 1.54) is 11.3 Å². The van der Waals surface area contributed by atoms with E-state index in [2.05, 4.69) is 15.2 Å². The highest BCUT2D eigenvalue weighted by atomic mass is 35.5. The summed E-state index contributed by atoms with van der Waals surface area (Å²) in [7, 11) is 0. The first-order valence-electron chi connectivity index (χ1n) is 5.88. The zero-order valence-corrected chi connectivity index (χ0v) is 12.5. The first-order chi connectivity index (χ1) is 9.74. The van der Waals surface area contributed by atoms with E-state index >= 15 is 0 Å². The Bertz CT molecular complexity index is 698. The van der Waals surface area contributed by atoms with Gasteiger partial charge in [0.25, 0.3) is 0 Å². The van der Waals surface area contributed by atoms with E-state index in [9.17, 15) is 0 Å². The largest absolute Gasteiger partial charge is 0.252 e. The van der Waals surface area contributed by atoms with Gasteiger partial charge >= 0.3 is 0 Å². The number of nitrogens with zero attached hydrogens (tertiary/aromatic N) is 3. The molecule has 0 aliphatic rings. The third kappa shape index (κ3) is 2.82. The van der Waals surface area contributed by atoms with Crippen LogP contribution in [0.2, 0.25) is 5.02 Å². The van der Waals surface area contributed by atoms with Crippen molar-refractivity contribution in [1.82, 2.24) is 15.2 Å². The molecule has 0 spiro atoms. The fraction of sp³-hybridized carbons (Fsp3) is 0.0714. The van der Waals surface area contributed by atoms with E-state index in [-0.39, 0.29) is 5.38 Å². The van der Waals surface area contributed by atoms with Gasteiger partial charge in [-0.25, -0.2) is 0 Å². The van der Waals surface area contributed by atoms with Crippen molar-refractivity contribution in [2.45, 2.75) is 5.38 Å². The lowest BCUT2D eigenvalue weighted by atomic mass is 10.1. The summed E-state index contributed by atoms with van der Waals surface area (Å²) in [5.41, 5.74) is 1.75. The SMILES string of the molecule is Clc1ccc(-c2nnc(C(Cl)c3ccccc3)s2)nc1.